The van der Waals surface area contributed by atoms with Crippen molar-refractivity contribution in [1.82, 2.24) is 9.88 Å². The number of aromatic nitrogens is 1. The number of carbonyl (C=O) groups excluding carboxylic acids is 1. The molecule has 1 amide bonds. The molecule has 0 radical (unpaired) electrons. The number of thioether (sulfide) groups is 1. The minimum Gasteiger partial charge on any atom is -0.334 e. The van der Waals surface area contributed by atoms with E-state index in [0.717, 1.165) is 17.9 Å². The first kappa shape index (κ1) is 9.21. The van der Waals surface area contributed by atoms with Crippen LogP contribution in [0.25, 0.3) is 0 Å². The topological polar surface area (TPSA) is 33.2 Å². The average Bonchev–Trinajstić information content (AvgIpc) is 2.91. The van der Waals surface area contributed by atoms with Gasteiger partial charge >= 0.3 is 0 Å². The molecule has 2 atom stereocenters. The van der Waals surface area contributed by atoms with Crippen LogP contribution >= 0.6 is 11.8 Å². The minimum absolute atomic E-state index is 0.171. The van der Waals surface area contributed by atoms with E-state index >= 15 is 0 Å². The van der Waals surface area contributed by atoms with Gasteiger partial charge in [-0.15, -0.1) is 0 Å². The monoisotopic (exact) mass is 220 g/mol. The molecule has 4 heteroatoms. The van der Waals surface area contributed by atoms with Crippen LogP contribution in [0, 0.1) is 0 Å². The standard InChI is InChI=1S/C11H12N2OS/c14-11(8-1-3-12-4-2-8)13-6-10-5-9(13)7-15-10/h1-4,9-10H,5-7H2/t9-,10+/m0/s1. The van der Waals surface area contributed by atoms with Gasteiger partial charge in [0.1, 0.15) is 0 Å². The van der Waals surface area contributed by atoms with Gasteiger partial charge in [0, 0.05) is 41.5 Å². The van der Waals surface area contributed by atoms with Crippen LogP contribution in [-0.4, -0.2) is 39.4 Å². The van der Waals surface area contributed by atoms with E-state index in [0.29, 0.717) is 11.3 Å². The highest BCUT2D eigenvalue weighted by Gasteiger charge is 2.40. The smallest absolute Gasteiger partial charge is 0.254 e. The summed E-state index contributed by atoms with van der Waals surface area (Å²) in [6.45, 7) is 0.927. The first-order chi connectivity index (χ1) is 7.34. The second-order valence-electron chi connectivity index (χ2n) is 4.04. The van der Waals surface area contributed by atoms with Crippen LogP contribution in [0.2, 0.25) is 0 Å². The lowest BCUT2D eigenvalue weighted by molar-refractivity contribution is 0.0747. The fourth-order valence-corrected chi connectivity index (χ4v) is 3.74. The summed E-state index contributed by atoms with van der Waals surface area (Å²) in [5.74, 6) is 1.28. The van der Waals surface area contributed by atoms with Crippen LogP contribution in [0.5, 0.6) is 0 Å². The number of carbonyl (C=O) groups is 1. The van der Waals surface area contributed by atoms with E-state index in [4.69, 9.17) is 0 Å². The van der Waals surface area contributed by atoms with Crippen molar-refractivity contribution in [2.24, 2.45) is 0 Å². The van der Waals surface area contributed by atoms with Crippen molar-refractivity contribution >= 4 is 17.7 Å². The van der Waals surface area contributed by atoms with Crippen LogP contribution < -0.4 is 0 Å². The van der Waals surface area contributed by atoms with Crippen molar-refractivity contribution < 1.29 is 4.79 Å². The van der Waals surface area contributed by atoms with Gasteiger partial charge in [-0.1, -0.05) is 0 Å². The summed E-state index contributed by atoms with van der Waals surface area (Å²) in [6.07, 6.45) is 4.54. The summed E-state index contributed by atoms with van der Waals surface area (Å²) in [5, 5.41) is 0.681. The van der Waals surface area contributed by atoms with Crippen molar-refractivity contribution in [3.05, 3.63) is 30.1 Å². The number of amides is 1. The summed E-state index contributed by atoms with van der Waals surface area (Å²) >= 11 is 2.00. The van der Waals surface area contributed by atoms with E-state index in [-0.39, 0.29) is 5.91 Å². The van der Waals surface area contributed by atoms with Gasteiger partial charge in [0.2, 0.25) is 0 Å². The lowest BCUT2D eigenvalue weighted by atomic mass is 10.2. The Morgan fingerprint density at radius 3 is 2.87 bits per heavy atom. The largest absolute Gasteiger partial charge is 0.334 e. The first-order valence-electron chi connectivity index (χ1n) is 5.17. The zero-order chi connectivity index (χ0) is 10.3. The number of hydrogen-bond donors (Lipinski definition) is 0. The third-order valence-corrected chi connectivity index (χ3v) is 4.48. The first-order valence-corrected chi connectivity index (χ1v) is 6.22. The van der Waals surface area contributed by atoms with Crippen LogP contribution in [0.1, 0.15) is 16.8 Å². The van der Waals surface area contributed by atoms with Crippen molar-refractivity contribution in [2.75, 3.05) is 12.3 Å². The van der Waals surface area contributed by atoms with Crippen LogP contribution in [0.4, 0.5) is 0 Å². The Labute approximate surface area is 92.9 Å². The Morgan fingerprint density at radius 1 is 1.47 bits per heavy atom. The molecule has 15 heavy (non-hydrogen) atoms. The molecule has 2 fully saturated rings. The van der Waals surface area contributed by atoms with Gasteiger partial charge in [-0.05, 0) is 18.6 Å². The predicted octanol–water partition coefficient (Wildman–Crippen LogP) is 1.41. The van der Waals surface area contributed by atoms with Gasteiger partial charge in [0.15, 0.2) is 0 Å². The fourth-order valence-electron chi connectivity index (χ4n) is 2.31. The van der Waals surface area contributed by atoms with Crippen molar-refractivity contribution in [3.63, 3.8) is 0 Å². The van der Waals surface area contributed by atoms with Gasteiger partial charge < -0.3 is 4.90 Å². The molecule has 2 aliphatic heterocycles. The molecule has 0 unspecified atom stereocenters. The minimum atomic E-state index is 0.171. The van der Waals surface area contributed by atoms with Crippen molar-refractivity contribution in [2.45, 2.75) is 17.7 Å². The molecule has 3 nitrogen and oxygen atoms in total. The molecular weight excluding hydrogens is 208 g/mol. The van der Waals surface area contributed by atoms with E-state index in [1.54, 1.807) is 24.5 Å². The molecule has 0 aliphatic carbocycles. The third-order valence-electron chi connectivity index (χ3n) is 3.09. The molecule has 0 N–H and O–H groups in total. The molecule has 3 heterocycles. The van der Waals surface area contributed by atoms with Crippen molar-refractivity contribution in [3.8, 4) is 0 Å². The Morgan fingerprint density at radius 2 is 2.27 bits per heavy atom. The zero-order valence-corrected chi connectivity index (χ0v) is 9.11. The molecule has 2 bridgehead atoms. The summed E-state index contributed by atoms with van der Waals surface area (Å²) in [7, 11) is 0. The van der Waals surface area contributed by atoms with Crippen LogP contribution in [-0.2, 0) is 0 Å². The Kier molecular flexibility index (Phi) is 2.16. The van der Waals surface area contributed by atoms with Gasteiger partial charge in [-0.2, -0.15) is 11.8 Å². The molecule has 0 spiro atoms. The summed E-state index contributed by atoms with van der Waals surface area (Å²) in [4.78, 5) is 18.1. The molecule has 0 saturated carbocycles. The molecule has 78 valence electrons. The quantitative estimate of drug-likeness (QED) is 0.717. The lowest BCUT2D eigenvalue weighted by Crippen LogP contribution is -2.39. The van der Waals surface area contributed by atoms with E-state index in [2.05, 4.69) is 4.98 Å². The number of nitrogens with zero attached hydrogens (tertiary/aromatic N) is 2. The maximum absolute atomic E-state index is 12.1. The normalized spacial score (nSPS) is 28.4. The summed E-state index contributed by atoms with van der Waals surface area (Å²) in [6, 6.07) is 4.06. The Hall–Kier alpha value is -1.03. The van der Waals surface area contributed by atoms with E-state index in [1.807, 2.05) is 16.7 Å². The molecule has 3 rings (SSSR count). The molecule has 0 aromatic carbocycles. The Balaban J connectivity index is 1.81. The zero-order valence-electron chi connectivity index (χ0n) is 8.30. The van der Waals surface area contributed by atoms with Gasteiger partial charge in [0.25, 0.3) is 5.91 Å². The van der Waals surface area contributed by atoms with Gasteiger partial charge in [-0.25, -0.2) is 0 Å². The third kappa shape index (κ3) is 1.53. The number of pyridine rings is 1. The highest BCUT2D eigenvalue weighted by molar-refractivity contribution is 8.00. The number of likely N-dealkylation sites (tertiary alicyclic amines) is 1. The van der Waals surface area contributed by atoms with Crippen molar-refractivity contribution in [1.29, 1.82) is 0 Å². The average molecular weight is 220 g/mol. The van der Waals surface area contributed by atoms with E-state index in [9.17, 15) is 4.79 Å². The lowest BCUT2D eigenvalue weighted by Gasteiger charge is -2.26. The van der Waals surface area contributed by atoms with Gasteiger partial charge in [0.05, 0.1) is 0 Å². The molecule has 1 aromatic heterocycles. The summed E-state index contributed by atoms with van der Waals surface area (Å²) < 4.78 is 0. The highest BCUT2D eigenvalue weighted by atomic mass is 32.2. The fraction of sp³-hybridized carbons (Fsp3) is 0.455. The molecule has 1 aromatic rings. The maximum atomic E-state index is 12.1. The molecular formula is C11H12N2OS. The summed E-state index contributed by atoms with van der Waals surface area (Å²) in [5.41, 5.74) is 0.766. The highest BCUT2D eigenvalue weighted by Crippen LogP contribution is 2.37. The SMILES string of the molecule is O=C(c1ccncc1)N1C[C@H]2C[C@H]1CS2. The number of fused-ring (bicyclic) bond motifs is 2. The maximum Gasteiger partial charge on any atom is 0.254 e. The van der Waals surface area contributed by atoms with Gasteiger partial charge in [-0.3, -0.25) is 9.78 Å². The van der Waals surface area contributed by atoms with E-state index in [1.165, 1.54) is 6.42 Å². The molecule has 2 aliphatic rings. The second kappa shape index (κ2) is 3.52. The van der Waals surface area contributed by atoms with Crippen LogP contribution in [0.15, 0.2) is 24.5 Å². The number of hydrogen-bond acceptors (Lipinski definition) is 3. The molecule has 2 saturated heterocycles. The number of rotatable bonds is 1. The van der Waals surface area contributed by atoms with E-state index < -0.39 is 0 Å². The Bertz CT molecular complexity index is 381. The van der Waals surface area contributed by atoms with Crippen LogP contribution in [0.3, 0.4) is 0 Å². The predicted molar refractivity (Wildman–Crippen MR) is 59.9 cm³/mol. The second-order valence-corrected chi connectivity index (χ2v) is 5.37.